The fourth-order valence-corrected chi connectivity index (χ4v) is 1.71. The Hall–Kier alpha value is -0.120. The van der Waals surface area contributed by atoms with Gasteiger partial charge in [-0.1, -0.05) is 20.8 Å². The lowest BCUT2D eigenvalue weighted by molar-refractivity contribution is -0.0867. The molecule has 3 N–H and O–H groups in total. The summed E-state index contributed by atoms with van der Waals surface area (Å²) in [5.74, 6) is 0.177. The van der Waals surface area contributed by atoms with E-state index in [1.165, 1.54) is 0 Å². The minimum Gasteiger partial charge on any atom is -0.386 e. The molecule has 12 heavy (non-hydrogen) atoms. The van der Waals surface area contributed by atoms with Crippen molar-refractivity contribution in [1.82, 2.24) is 0 Å². The number of hydrogen-bond donors (Lipinski definition) is 2. The van der Waals surface area contributed by atoms with Crippen LogP contribution in [0.4, 0.5) is 0 Å². The zero-order valence-electron chi connectivity index (χ0n) is 8.13. The zero-order valence-corrected chi connectivity index (χ0v) is 8.13. The number of rotatable bonds is 2. The highest BCUT2D eigenvalue weighted by atomic mass is 16.5. The van der Waals surface area contributed by atoms with E-state index in [0.717, 1.165) is 0 Å². The maximum Gasteiger partial charge on any atom is 0.0989 e. The lowest BCUT2D eigenvalue weighted by Crippen LogP contribution is -2.53. The maximum absolute atomic E-state index is 10.3. The van der Waals surface area contributed by atoms with E-state index in [1.807, 2.05) is 20.8 Å². The average molecular weight is 173 g/mol. The van der Waals surface area contributed by atoms with Gasteiger partial charge in [-0.2, -0.15) is 0 Å². The first-order valence-electron chi connectivity index (χ1n) is 4.44. The molecule has 0 bridgehead atoms. The molecule has 1 fully saturated rings. The Bertz CT molecular complexity index is 170. The SMILES string of the molecule is CC1COCC1(O)C(C)(C)CN. The lowest BCUT2D eigenvalue weighted by Gasteiger charge is -2.41. The summed E-state index contributed by atoms with van der Waals surface area (Å²) >= 11 is 0. The summed E-state index contributed by atoms with van der Waals surface area (Å²) < 4.78 is 5.25. The van der Waals surface area contributed by atoms with E-state index in [-0.39, 0.29) is 11.3 Å². The molecular weight excluding hydrogens is 154 g/mol. The number of nitrogens with two attached hydrogens (primary N) is 1. The Balaban J connectivity index is 2.83. The molecule has 0 radical (unpaired) electrons. The molecule has 0 spiro atoms. The van der Waals surface area contributed by atoms with E-state index in [9.17, 15) is 5.11 Å². The largest absolute Gasteiger partial charge is 0.386 e. The van der Waals surface area contributed by atoms with Gasteiger partial charge < -0.3 is 15.6 Å². The van der Waals surface area contributed by atoms with Crippen molar-refractivity contribution < 1.29 is 9.84 Å². The number of aliphatic hydroxyl groups is 1. The highest BCUT2D eigenvalue weighted by Crippen LogP contribution is 2.40. The van der Waals surface area contributed by atoms with Crippen LogP contribution in [-0.4, -0.2) is 30.5 Å². The summed E-state index contributed by atoms with van der Waals surface area (Å²) in [5, 5.41) is 10.3. The highest BCUT2D eigenvalue weighted by Gasteiger charge is 2.50. The third kappa shape index (κ3) is 1.26. The minimum absolute atomic E-state index is 0.177. The molecule has 3 heteroatoms. The summed E-state index contributed by atoms with van der Waals surface area (Å²) in [5.41, 5.74) is 4.61. The van der Waals surface area contributed by atoms with E-state index in [4.69, 9.17) is 10.5 Å². The molecule has 0 aromatic rings. The Morgan fingerprint density at radius 2 is 2.25 bits per heavy atom. The normalized spacial score (nSPS) is 37.2. The Kier molecular flexibility index (Phi) is 2.47. The quantitative estimate of drug-likeness (QED) is 0.634. The van der Waals surface area contributed by atoms with Gasteiger partial charge in [0.05, 0.1) is 18.8 Å². The van der Waals surface area contributed by atoms with Crippen molar-refractivity contribution in [1.29, 1.82) is 0 Å². The van der Waals surface area contributed by atoms with Crippen molar-refractivity contribution in [2.75, 3.05) is 19.8 Å². The molecule has 3 nitrogen and oxygen atoms in total. The van der Waals surface area contributed by atoms with E-state index in [1.54, 1.807) is 0 Å². The summed E-state index contributed by atoms with van der Waals surface area (Å²) in [6, 6.07) is 0. The molecule has 0 aromatic carbocycles. The van der Waals surface area contributed by atoms with Gasteiger partial charge in [0.25, 0.3) is 0 Å². The fourth-order valence-electron chi connectivity index (χ4n) is 1.71. The van der Waals surface area contributed by atoms with Crippen molar-refractivity contribution in [3.63, 3.8) is 0 Å². The van der Waals surface area contributed by atoms with Gasteiger partial charge in [0, 0.05) is 17.9 Å². The smallest absolute Gasteiger partial charge is 0.0989 e. The molecule has 72 valence electrons. The van der Waals surface area contributed by atoms with Crippen LogP contribution in [0.3, 0.4) is 0 Å². The topological polar surface area (TPSA) is 55.5 Å². The number of hydrogen-bond acceptors (Lipinski definition) is 3. The van der Waals surface area contributed by atoms with Crippen LogP contribution in [0.5, 0.6) is 0 Å². The third-order valence-corrected chi connectivity index (χ3v) is 3.19. The van der Waals surface area contributed by atoms with Crippen LogP contribution in [0.25, 0.3) is 0 Å². The van der Waals surface area contributed by atoms with E-state index in [2.05, 4.69) is 0 Å². The van der Waals surface area contributed by atoms with Gasteiger partial charge in [0.15, 0.2) is 0 Å². The molecule has 1 aliphatic rings. The van der Waals surface area contributed by atoms with Crippen LogP contribution < -0.4 is 5.73 Å². The minimum atomic E-state index is -0.748. The van der Waals surface area contributed by atoms with Crippen LogP contribution in [0.2, 0.25) is 0 Å². The molecule has 0 aliphatic carbocycles. The Morgan fingerprint density at radius 1 is 1.67 bits per heavy atom. The van der Waals surface area contributed by atoms with Gasteiger partial charge in [0.2, 0.25) is 0 Å². The van der Waals surface area contributed by atoms with Crippen molar-refractivity contribution in [3.8, 4) is 0 Å². The van der Waals surface area contributed by atoms with Crippen molar-refractivity contribution >= 4 is 0 Å². The molecule has 0 amide bonds. The number of ether oxygens (including phenoxy) is 1. The van der Waals surface area contributed by atoms with Gasteiger partial charge in [-0.05, 0) is 0 Å². The van der Waals surface area contributed by atoms with E-state index in [0.29, 0.717) is 19.8 Å². The Morgan fingerprint density at radius 3 is 2.58 bits per heavy atom. The second-order valence-corrected chi connectivity index (χ2v) is 4.43. The highest BCUT2D eigenvalue weighted by molar-refractivity contribution is 5.00. The van der Waals surface area contributed by atoms with Crippen LogP contribution in [0.15, 0.2) is 0 Å². The van der Waals surface area contributed by atoms with Gasteiger partial charge in [-0.3, -0.25) is 0 Å². The van der Waals surface area contributed by atoms with Crippen LogP contribution in [0.1, 0.15) is 20.8 Å². The van der Waals surface area contributed by atoms with Gasteiger partial charge in [-0.15, -0.1) is 0 Å². The first-order valence-corrected chi connectivity index (χ1v) is 4.44. The predicted octanol–water partition coefficient (Wildman–Crippen LogP) is 0.369. The predicted molar refractivity (Wildman–Crippen MR) is 47.8 cm³/mol. The van der Waals surface area contributed by atoms with Crippen molar-refractivity contribution in [3.05, 3.63) is 0 Å². The Labute approximate surface area is 73.9 Å². The van der Waals surface area contributed by atoms with E-state index >= 15 is 0 Å². The first kappa shape index (κ1) is 9.96. The molecule has 0 aromatic heterocycles. The first-order chi connectivity index (χ1) is 5.44. The molecule has 1 aliphatic heterocycles. The summed E-state index contributed by atoms with van der Waals surface area (Å²) in [6.07, 6.45) is 0. The van der Waals surface area contributed by atoms with Gasteiger partial charge in [0.1, 0.15) is 0 Å². The maximum atomic E-state index is 10.3. The molecule has 2 atom stereocenters. The second-order valence-electron chi connectivity index (χ2n) is 4.43. The standard InChI is InChI=1S/C9H19NO2/c1-7-4-12-6-9(7,11)8(2,3)5-10/h7,11H,4-6,10H2,1-3H3. The van der Waals surface area contributed by atoms with Crippen LogP contribution >= 0.6 is 0 Å². The summed E-state index contributed by atoms with van der Waals surface area (Å²) in [4.78, 5) is 0. The fraction of sp³-hybridized carbons (Fsp3) is 1.00. The molecule has 1 heterocycles. The molecule has 1 saturated heterocycles. The molecular formula is C9H19NO2. The average Bonchev–Trinajstić information content (AvgIpc) is 2.34. The third-order valence-electron chi connectivity index (χ3n) is 3.19. The molecule has 0 saturated carbocycles. The zero-order chi connectivity index (χ0) is 9.41. The molecule has 1 rings (SSSR count). The van der Waals surface area contributed by atoms with Crippen LogP contribution in [0, 0.1) is 11.3 Å². The van der Waals surface area contributed by atoms with Gasteiger partial charge >= 0.3 is 0 Å². The van der Waals surface area contributed by atoms with Gasteiger partial charge in [-0.25, -0.2) is 0 Å². The summed E-state index contributed by atoms with van der Waals surface area (Å²) in [7, 11) is 0. The van der Waals surface area contributed by atoms with Crippen LogP contribution in [-0.2, 0) is 4.74 Å². The monoisotopic (exact) mass is 173 g/mol. The lowest BCUT2D eigenvalue weighted by atomic mass is 9.70. The molecule has 2 unspecified atom stereocenters. The van der Waals surface area contributed by atoms with Crippen molar-refractivity contribution in [2.45, 2.75) is 26.4 Å². The second kappa shape index (κ2) is 2.98. The van der Waals surface area contributed by atoms with Crippen molar-refractivity contribution in [2.24, 2.45) is 17.1 Å². The van der Waals surface area contributed by atoms with E-state index < -0.39 is 5.60 Å². The summed E-state index contributed by atoms with van der Waals surface area (Å²) in [6.45, 7) is 7.51.